The summed E-state index contributed by atoms with van der Waals surface area (Å²) < 4.78 is 43.8. The molecule has 0 fully saturated rings. The lowest BCUT2D eigenvalue weighted by Gasteiger charge is -2.34. The quantitative estimate of drug-likeness (QED) is 0.230. The summed E-state index contributed by atoms with van der Waals surface area (Å²) in [5.74, 6) is -0.233. The van der Waals surface area contributed by atoms with Gasteiger partial charge in [-0.15, -0.1) is 0 Å². The Kier molecular flexibility index (Phi) is 18.6. The van der Waals surface area contributed by atoms with E-state index in [0.717, 1.165) is 44.9 Å². The average Bonchev–Trinajstić information content (AvgIpc) is 2.59. The summed E-state index contributed by atoms with van der Waals surface area (Å²) in [5.41, 5.74) is 0. The van der Waals surface area contributed by atoms with Gasteiger partial charge < -0.3 is 9.04 Å². The van der Waals surface area contributed by atoms with Crippen LogP contribution in [0.5, 0.6) is 0 Å². The molecule has 0 saturated heterocycles. The second kappa shape index (κ2) is 17.2. The van der Waals surface area contributed by atoms with Crippen LogP contribution in [0.4, 0.5) is 4.39 Å². The van der Waals surface area contributed by atoms with Crippen molar-refractivity contribution in [3.63, 3.8) is 0 Å². The van der Waals surface area contributed by atoms with Crippen LogP contribution in [0.1, 0.15) is 85.5 Å². The Hall–Kier alpha value is -0.200. The molecule has 0 saturated carbocycles. The molecule has 0 radical (unpaired) electrons. The first-order valence-corrected chi connectivity index (χ1v) is 11.7. The molecule has 0 N–H and O–H groups in total. The van der Waals surface area contributed by atoms with Crippen LogP contribution in [-0.2, 0) is 10.1 Å². The van der Waals surface area contributed by atoms with Gasteiger partial charge in [-0.1, -0.05) is 44.9 Å². The van der Waals surface area contributed by atoms with Crippen molar-refractivity contribution in [1.29, 1.82) is 0 Å². The van der Waals surface area contributed by atoms with Crippen molar-refractivity contribution in [2.45, 2.75) is 85.5 Å². The number of hydrogen-bond donors (Lipinski definition) is 0. The lowest BCUT2D eigenvalue weighted by atomic mass is 10.1. The monoisotopic (exact) mass is 383 g/mol. The number of nitrogens with zero attached hydrogens (tertiary/aromatic N) is 1. The van der Waals surface area contributed by atoms with Crippen LogP contribution in [0.3, 0.4) is 0 Å². The van der Waals surface area contributed by atoms with E-state index in [2.05, 4.69) is 27.7 Å². The summed E-state index contributed by atoms with van der Waals surface area (Å²) in [5, 5.41) is 0. The first kappa shape index (κ1) is 27.0. The van der Waals surface area contributed by atoms with Crippen LogP contribution in [-0.4, -0.2) is 56.1 Å². The number of alkyl halides is 1. The second-order valence-electron chi connectivity index (χ2n) is 6.74. The van der Waals surface area contributed by atoms with Gasteiger partial charge in [0.05, 0.1) is 43.0 Å². The fraction of sp³-hybridized carbons (Fsp3) is 1.00. The van der Waals surface area contributed by atoms with Crippen LogP contribution in [0.15, 0.2) is 0 Å². The van der Waals surface area contributed by atoms with Crippen molar-refractivity contribution in [1.82, 2.24) is 0 Å². The van der Waals surface area contributed by atoms with E-state index in [0.29, 0.717) is 12.8 Å². The first-order valence-electron chi connectivity index (χ1n) is 10.1. The van der Waals surface area contributed by atoms with Crippen molar-refractivity contribution in [2.75, 3.05) is 38.6 Å². The Labute approximate surface area is 156 Å². The van der Waals surface area contributed by atoms with E-state index in [9.17, 15) is 17.4 Å². The summed E-state index contributed by atoms with van der Waals surface area (Å²) in [7, 11) is -4.02. The van der Waals surface area contributed by atoms with Crippen LogP contribution >= 0.6 is 0 Å². The minimum absolute atomic E-state index is 0.219. The predicted octanol–water partition coefficient (Wildman–Crippen LogP) is 4.89. The maximum atomic E-state index is 11.7. The largest absolute Gasteiger partial charge is 0.748 e. The Morgan fingerprint density at radius 1 is 0.680 bits per heavy atom. The third-order valence-corrected chi connectivity index (χ3v) is 6.00. The standard InChI is InChI=1S/C11H23FO3S.C8H20N/c12-10-8-6-4-2-1-3-5-7-9-11-16(13,14)15;1-5-9(6-2,7-3)8-4/h1-11H2,(H,13,14,15);5-8H2,1-4H3/q;+1/p-1. The van der Waals surface area contributed by atoms with Crippen LogP contribution < -0.4 is 0 Å². The fourth-order valence-electron chi connectivity index (χ4n) is 2.95. The summed E-state index contributed by atoms with van der Waals surface area (Å²) in [4.78, 5) is 0. The van der Waals surface area contributed by atoms with Gasteiger partial charge in [-0.3, -0.25) is 4.39 Å². The van der Waals surface area contributed by atoms with E-state index in [1.54, 1.807) is 0 Å². The molecule has 25 heavy (non-hydrogen) atoms. The average molecular weight is 384 g/mol. The molecule has 0 aliphatic carbocycles. The van der Waals surface area contributed by atoms with Gasteiger partial charge in [-0.05, 0) is 40.5 Å². The minimum Gasteiger partial charge on any atom is -0.748 e. The smallest absolute Gasteiger partial charge is 0.0945 e. The fourth-order valence-corrected chi connectivity index (χ4v) is 3.51. The SMILES string of the molecule is CC[N+](CC)(CC)CC.O=S(=O)([O-])CCCCCCCCCCCF. The topological polar surface area (TPSA) is 57.2 Å². The Morgan fingerprint density at radius 3 is 1.24 bits per heavy atom. The molecule has 0 aliphatic rings. The van der Waals surface area contributed by atoms with Crippen molar-refractivity contribution in [2.24, 2.45) is 0 Å². The number of rotatable bonds is 15. The molecule has 0 rings (SSSR count). The van der Waals surface area contributed by atoms with Gasteiger partial charge in [0.25, 0.3) is 0 Å². The highest BCUT2D eigenvalue weighted by Gasteiger charge is 2.16. The van der Waals surface area contributed by atoms with Crippen molar-refractivity contribution in [3.05, 3.63) is 0 Å². The molecule has 0 aromatic rings. The molecule has 0 atom stereocenters. The van der Waals surface area contributed by atoms with Gasteiger partial charge in [0.2, 0.25) is 0 Å². The van der Waals surface area contributed by atoms with Gasteiger partial charge in [0.1, 0.15) is 0 Å². The first-order chi connectivity index (χ1) is 11.8. The van der Waals surface area contributed by atoms with Gasteiger partial charge in [0.15, 0.2) is 0 Å². The second-order valence-corrected chi connectivity index (χ2v) is 8.26. The van der Waals surface area contributed by atoms with Crippen LogP contribution in [0, 0.1) is 0 Å². The van der Waals surface area contributed by atoms with E-state index >= 15 is 0 Å². The van der Waals surface area contributed by atoms with Gasteiger partial charge in [-0.25, -0.2) is 8.42 Å². The molecular formula is C19H42FNO3S. The lowest BCUT2D eigenvalue weighted by Crippen LogP contribution is -2.47. The predicted molar refractivity (Wildman–Crippen MR) is 105 cm³/mol. The third-order valence-electron chi connectivity index (χ3n) is 5.21. The Morgan fingerprint density at radius 2 is 1.00 bits per heavy atom. The summed E-state index contributed by atoms with van der Waals surface area (Å²) in [6.45, 7) is 14.0. The van der Waals surface area contributed by atoms with E-state index < -0.39 is 10.1 Å². The van der Waals surface area contributed by atoms with Gasteiger partial charge in [0, 0.05) is 5.75 Å². The molecular weight excluding hydrogens is 341 g/mol. The summed E-state index contributed by atoms with van der Waals surface area (Å²) >= 11 is 0. The van der Waals surface area contributed by atoms with Gasteiger partial charge >= 0.3 is 0 Å². The molecule has 4 nitrogen and oxygen atoms in total. The molecule has 6 heteroatoms. The molecule has 0 aliphatic heterocycles. The van der Waals surface area contributed by atoms with E-state index in [-0.39, 0.29) is 12.4 Å². The molecule has 0 unspecified atom stereocenters. The van der Waals surface area contributed by atoms with Crippen molar-refractivity contribution in [3.8, 4) is 0 Å². The zero-order valence-electron chi connectivity index (χ0n) is 17.1. The zero-order chi connectivity index (χ0) is 19.6. The van der Waals surface area contributed by atoms with Crippen LogP contribution in [0.2, 0.25) is 0 Å². The maximum Gasteiger partial charge on any atom is 0.0945 e. The highest BCUT2D eigenvalue weighted by molar-refractivity contribution is 7.85. The number of halogens is 1. The van der Waals surface area contributed by atoms with E-state index in [1.807, 2.05) is 0 Å². The number of unbranched alkanes of at least 4 members (excludes halogenated alkanes) is 8. The van der Waals surface area contributed by atoms with Crippen LogP contribution in [0.25, 0.3) is 0 Å². The molecule has 0 aromatic heterocycles. The summed E-state index contributed by atoms with van der Waals surface area (Å²) in [6.07, 6.45) is 8.31. The van der Waals surface area contributed by atoms with Crippen molar-refractivity contribution < 1.29 is 21.8 Å². The molecule has 0 heterocycles. The maximum absolute atomic E-state index is 11.7. The normalized spacial score (nSPS) is 11.9. The Bertz CT molecular complexity index is 353. The van der Waals surface area contributed by atoms with Gasteiger partial charge in [-0.2, -0.15) is 0 Å². The third kappa shape index (κ3) is 18.4. The molecule has 0 bridgehead atoms. The van der Waals surface area contributed by atoms with E-state index in [1.165, 1.54) is 30.7 Å². The molecule has 0 amide bonds. The summed E-state index contributed by atoms with van der Waals surface area (Å²) in [6, 6.07) is 0. The Balaban J connectivity index is 0. The number of hydrogen-bond acceptors (Lipinski definition) is 3. The highest BCUT2D eigenvalue weighted by Crippen LogP contribution is 2.10. The van der Waals surface area contributed by atoms with Crippen molar-refractivity contribution >= 4 is 10.1 Å². The molecule has 0 aromatic carbocycles. The zero-order valence-corrected chi connectivity index (χ0v) is 17.9. The lowest BCUT2D eigenvalue weighted by molar-refractivity contribution is -0.921. The van der Waals surface area contributed by atoms with E-state index in [4.69, 9.17) is 0 Å². The minimum atomic E-state index is -4.02. The molecule has 154 valence electrons. The molecule has 0 spiro atoms. The highest BCUT2D eigenvalue weighted by atomic mass is 32.2. The number of quaternary nitrogens is 1.